The second-order valence-corrected chi connectivity index (χ2v) is 15.7. The third kappa shape index (κ3) is 11.2. The van der Waals surface area contributed by atoms with E-state index in [0.717, 1.165) is 64.5 Å². The fraction of sp³-hybridized carbons (Fsp3) is 0.524. The van der Waals surface area contributed by atoms with Crippen LogP contribution in [0.2, 0.25) is 0 Å². The van der Waals surface area contributed by atoms with E-state index in [2.05, 4.69) is 88.7 Å². The zero-order valence-electron chi connectivity index (χ0n) is 31.5. The molecule has 0 radical (unpaired) electrons. The van der Waals surface area contributed by atoms with E-state index in [1.807, 2.05) is 24.6 Å². The second-order valence-electron chi connectivity index (χ2n) is 14.2. The largest absolute Gasteiger partial charge is 0.493 e. The number of ether oxygens (including phenoxy) is 6. The van der Waals surface area contributed by atoms with E-state index in [4.69, 9.17) is 28.4 Å². The Hall–Kier alpha value is -3.04. The molecule has 0 fully saturated rings. The summed E-state index contributed by atoms with van der Waals surface area (Å²) in [6, 6.07) is 13.2. The van der Waals surface area contributed by atoms with Crippen LogP contribution in [0.4, 0.5) is 0 Å². The topological polar surface area (TPSA) is 55.4 Å². The van der Waals surface area contributed by atoms with E-state index in [0.29, 0.717) is 26.4 Å². The Kier molecular flexibility index (Phi) is 15.5. The molecule has 0 unspecified atom stereocenters. The van der Waals surface area contributed by atoms with Crippen LogP contribution >= 0.6 is 22.7 Å². The molecule has 0 amide bonds. The fourth-order valence-corrected chi connectivity index (χ4v) is 7.25. The lowest BCUT2D eigenvalue weighted by atomic mass is 9.79. The number of benzene rings is 2. The molecule has 0 spiro atoms. The molecule has 4 aromatic rings. The highest BCUT2D eigenvalue weighted by atomic mass is 32.1. The molecule has 0 N–H and O–H groups in total. The van der Waals surface area contributed by atoms with Crippen LogP contribution in [0, 0.1) is 0 Å². The quantitative estimate of drug-likeness (QED) is 0.0595. The van der Waals surface area contributed by atoms with Crippen molar-refractivity contribution in [3.63, 3.8) is 0 Å². The highest BCUT2D eigenvalue weighted by Gasteiger charge is 2.24. The van der Waals surface area contributed by atoms with Crippen molar-refractivity contribution in [3.05, 3.63) is 69.0 Å². The van der Waals surface area contributed by atoms with E-state index >= 15 is 0 Å². The fourth-order valence-electron chi connectivity index (χ4n) is 5.71. The average Bonchev–Trinajstić information content (AvgIpc) is 3.76. The van der Waals surface area contributed by atoms with E-state index < -0.39 is 0 Å². The second kappa shape index (κ2) is 19.5. The molecule has 0 aliphatic rings. The number of unbranched alkanes of at least 4 members (excludes halogenated alkanes) is 3. The Balaban J connectivity index is 1.45. The van der Waals surface area contributed by atoms with E-state index in [9.17, 15) is 0 Å². The lowest BCUT2D eigenvalue weighted by Crippen LogP contribution is -2.17. The minimum Gasteiger partial charge on any atom is -0.493 e. The van der Waals surface area contributed by atoms with Crippen LogP contribution in [0.1, 0.15) is 105 Å². The lowest BCUT2D eigenvalue weighted by Gasteiger charge is -2.27. The maximum atomic E-state index is 6.49. The van der Waals surface area contributed by atoms with Crippen LogP contribution < -0.4 is 18.9 Å². The standard InChI is InChI=1S/C42H58O6S2/c1-9-12-13-20-42(7,8)32-17-19-38(34(24-32)36-26-50-28-40(36)48-30-44-11-3)46-22-15-14-21-45-37-18-16-31(41(4,5)6)23-33(37)35-25-49-27-39(35)47-29-43-10-2/h16-19,23-28H,9-15,20-22,29-30H2,1-8H3. The summed E-state index contributed by atoms with van der Waals surface area (Å²) >= 11 is 3.25. The summed E-state index contributed by atoms with van der Waals surface area (Å²) in [5.74, 6) is 3.37. The van der Waals surface area contributed by atoms with Crippen LogP contribution in [0.3, 0.4) is 0 Å². The van der Waals surface area contributed by atoms with Crippen LogP contribution in [-0.2, 0) is 20.3 Å². The van der Waals surface area contributed by atoms with Crippen LogP contribution in [0.15, 0.2) is 57.9 Å². The summed E-state index contributed by atoms with van der Waals surface area (Å²) < 4.78 is 35.9. The number of hydrogen-bond acceptors (Lipinski definition) is 8. The highest BCUT2D eigenvalue weighted by Crippen LogP contribution is 2.43. The molecule has 2 aromatic carbocycles. The molecule has 0 aliphatic carbocycles. The minimum atomic E-state index is 0.00798. The molecule has 0 aliphatic heterocycles. The zero-order valence-corrected chi connectivity index (χ0v) is 33.2. The Morgan fingerprint density at radius 3 is 1.50 bits per heavy atom. The summed E-state index contributed by atoms with van der Waals surface area (Å²) in [4.78, 5) is 0. The van der Waals surface area contributed by atoms with E-state index in [1.54, 1.807) is 22.7 Å². The normalized spacial score (nSPS) is 11.9. The van der Waals surface area contributed by atoms with Gasteiger partial charge in [-0.2, -0.15) is 0 Å². The minimum absolute atomic E-state index is 0.00798. The summed E-state index contributed by atoms with van der Waals surface area (Å²) in [6.45, 7) is 20.4. The molecule has 8 heteroatoms. The third-order valence-corrected chi connectivity index (χ3v) is 10.3. The SMILES string of the molecule is CCCCCC(C)(C)c1ccc(OCCCCOc2ccc(C(C)(C)C)cc2-c2cscc2OCOCC)c(-c2cscc2OCOCC)c1. The maximum absolute atomic E-state index is 6.49. The summed E-state index contributed by atoms with van der Waals surface area (Å²) in [5.41, 5.74) is 6.82. The van der Waals surface area contributed by atoms with Crippen molar-refractivity contribution in [2.45, 2.75) is 105 Å². The van der Waals surface area contributed by atoms with Gasteiger partial charge in [0.1, 0.15) is 23.0 Å². The first-order valence-electron chi connectivity index (χ1n) is 18.2. The molecule has 0 atom stereocenters. The van der Waals surface area contributed by atoms with Crippen LogP contribution in [0.5, 0.6) is 23.0 Å². The van der Waals surface area contributed by atoms with Crippen molar-refractivity contribution in [3.8, 4) is 45.3 Å². The van der Waals surface area contributed by atoms with Gasteiger partial charge in [0, 0.05) is 57.0 Å². The van der Waals surface area contributed by atoms with Gasteiger partial charge in [0.25, 0.3) is 0 Å². The lowest BCUT2D eigenvalue weighted by molar-refractivity contribution is 0.0228. The molecule has 50 heavy (non-hydrogen) atoms. The van der Waals surface area contributed by atoms with Gasteiger partial charge in [-0.15, -0.1) is 22.7 Å². The molecule has 0 saturated heterocycles. The van der Waals surface area contributed by atoms with E-state index in [1.165, 1.54) is 30.4 Å². The number of hydrogen-bond donors (Lipinski definition) is 0. The molecule has 6 nitrogen and oxygen atoms in total. The van der Waals surface area contributed by atoms with Gasteiger partial charge in [0.15, 0.2) is 13.6 Å². The Bertz CT molecular complexity index is 1580. The van der Waals surface area contributed by atoms with Gasteiger partial charge < -0.3 is 28.4 Å². The highest BCUT2D eigenvalue weighted by molar-refractivity contribution is 7.08. The first-order chi connectivity index (χ1) is 24.1. The van der Waals surface area contributed by atoms with Crippen molar-refractivity contribution in [2.75, 3.05) is 40.0 Å². The summed E-state index contributed by atoms with van der Waals surface area (Å²) in [6.07, 6.45) is 6.56. The van der Waals surface area contributed by atoms with Gasteiger partial charge in [-0.05, 0) is 79.3 Å². The monoisotopic (exact) mass is 722 g/mol. The average molecular weight is 723 g/mol. The maximum Gasteiger partial charge on any atom is 0.189 e. The van der Waals surface area contributed by atoms with Gasteiger partial charge in [0.2, 0.25) is 0 Å². The smallest absolute Gasteiger partial charge is 0.189 e. The zero-order chi connectivity index (χ0) is 36.0. The Labute approximate surface area is 309 Å². The first kappa shape index (κ1) is 39.7. The van der Waals surface area contributed by atoms with Crippen molar-refractivity contribution in [2.24, 2.45) is 0 Å². The summed E-state index contributed by atoms with van der Waals surface area (Å²) in [7, 11) is 0. The van der Waals surface area contributed by atoms with Gasteiger partial charge in [0.05, 0.1) is 13.2 Å². The molecule has 274 valence electrons. The van der Waals surface area contributed by atoms with Gasteiger partial charge in [-0.25, -0.2) is 0 Å². The Morgan fingerprint density at radius 1 is 0.520 bits per heavy atom. The number of rotatable bonds is 22. The molecule has 2 aromatic heterocycles. The van der Waals surface area contributed by atoms with Gasteiger partial charge >= 0.3 is 0 Å². The predicted octanol–water partition coefficient (Wildman–Crippen LogP) is 12.3. The number of thiophene rings is 2. The molecule has 2 heterocycles. The van der Waals surface area contributed by atoms with Crippen molar-refractivity contribution in [1.29, 1.82) is 0 Å². The molecule has 4 rings (SSSR count). The van der Waals surface area contributed by atoms with Crippen molar-refractivity contribution in [1.82, 2.24) is 0 Å². The predicted molar refractivity (Wildman–Crippen MR) is 210 cm³/mol. The first-order valence-corrected chi connectivity index (χ1v) is 20.1. The van der Waals surface area contributed by atoms with Gasteiger partial charge in [-0.3, -0.25) is 0 Å². The van der Waals surface area contributed by atoms with Gasteiger partial charge in [-0.1, -0.05) is 72.9 Å². The van der Waals surface area contributed by atoms with E-state index in [-0.39, 0.29) is 24.4 Å². The molecular formula is C42H58O6S2. The van der Waals surface area contributed by atoms with Crippen molar-refractivity contribution >= 4 is 22.7 Å². The molecule has 0 bridgehead atoms. The van der Waals surface area contributed by atoms with Crippen LogP contribution in [-0.4, -0.2) is 40.0 Å². The third-order valence-electron chi connectivity index (χ3n) is 8.90. The van der Waals surface area contributed by atoms with Crippen molar-refractivity contribution < 1.29 is 28.4 Å². The summed E-state index contributed by atoms with van der Waals surface area (Å²) in [5, 5.41) is 8.34. The Morgan fingerprint density at radius 2 is 1.02 bits per heavy atom. The molecule has 0 saturated carbocycles. The molecular weight excluding hydrogens is 665 g/mol. The van der Waals surface area contributed by atoms with Crippen LogP contribution in [0.25, 0.3) is 22.3 Å².